The third kappa shape index (κ3) is 6.45. The molecular formula is C12H20Cl2N4O3S. The molecule has 3 N–H and O–H groups in total. The number of halogens is 2. The fourth-order valence-electron chi connectivity index (χ4n) is 1.73. The lowest BCUT2D eigenvalue weighted by Crippen LogP contribution is -2.48. The van der Waals surface area contributed by atoms with Crippen LogP contribution >= 0.6 is 24.8 Å². The van der Waals surface area contributed by atoms with Crippen molar-refractivity contribution in [3.8, 4) is 0 Å². The molecule has 0 bridgehead atoms. The SMILES string of the molecule is Cl.Cl.O=C(CCNS(=O)(=O)c1cccnc1)NCC1CNC1. The van der Waals surface area contributed by atoms with Crippen molar-refractivity contribution in [2.75, 3.05) is 26.2 Å². The van der Waals surface area contributed by atoms with Gasteiger partial charge in [0.1, 0.15) is 4.90 Å². The average Bonchev–Trinajstić information content (AvgIpc) is 2.38. The van der Waals surface area contributed by atoms with Gasteiger partial charge >= 0.3 is 0 Å². The standard InChI is InChI=1S/C12H18N4O3S.2ClH/c17-12(15-8-10-6-14-7-10)3-5-16-20(18,19)11-2-1-4-13-9-11;;/h1-2,4,9-10,14,16H,3,5-8H2,(H,15,17);2*1H. The molecule has 1 aromatic rings. The first-order chi connectivity index (χ1) is 9.58. The Balaban J connectivity index is 0.00000220. The van der Waals surface area contributed by atoms with E-state index in [4.69, 9.17) is 0 Å². The van der Waals surface area contributed by atoms with Crippen LogP contribution < -0.4 is 15.4 Å². The van der Waals surface area contributed by atoms with Gasteiger partial charge in [0.15, 0.2) is 0 Å². The zero-order valence-corrected chi connectivity index (χ0v) is 14.3. The lowest BCUT2D eigenvalue weighted by atomic mass is 10.0. The summed E-state index contributed by atoms with van der Waals surface area (Å²) < 4.78 is 26.1. The second kappa shape index (κ2) is 9.96. The van der Waals surface area contributed by atoms with Gasteiger partial charge in [-0.15, -0.1) is 24.8 Å². The van der Waals surface area contributed by atoms with Gasteiger partial charge < -0.3 is 10.6 Å². The predicted octanol–water partition coefficient (Wildman–Crippen LogP) is -0.0708. The summed E-state index contributed by atoms with van der Waals surface area (Å²) in [5.74, 6) is 0.344. The van der Waals surface area contributed by atoms with Gasteiger partial charge in [0.05, 0.1) is 0 Å². The van der Waals surface area contributed by atoms with Gasteiger partial charge in [-0.05, 0) is 12.1 Å². The van der Waals surface area contributed by atoms with Crippen LogP contribution in [0.2, 0.25) is 0 Å². The fraction of sp³-hybridized carbons (Fsp3) is 0.500. The molecule has 0 atom stereocenters. The predicted molar refractivity (Wildman–Crippen MR) is 87.9 cm³/mol. The topological polar surface area (TPSA) is 100 Å². The highest BCUT2D eigenvalue weighted by Crippen LogP contribution is 2.05. The van der Waals surface area contributed by atoms with Crippen molar-refractivity contribution >= 4 is 40.7 Å². The zero-order valence-electron chi connectivity index (χ0n) is 11.8. The lowest BCUT2D eigenvalue weighted by molar-refractivity contribution is -0.121. The molecule has 1 amide bonds. The van der Waals surface area contributed by atoms with E-state index in [0.717, 1.165) is 13.1 Å². The van der Waals surface area contributed by atoms with Gasteiger partial charge in [0.2, 0.25) is 15.9 Å². The molecule has 2 heterocycles. The molecule has 0 radical (unpaired) electrons. The van der Waals surface area contributed by atoms with Crippen molar-refractivity contribution < 1.29 is 13.2 Å². The van der Waals surface area contributed by atoms with Crippen molar-refractivity contribution in [3.05, 3.63) is 24.5 Å². The summed E-state index contributed by atoms with van der Waals surface area (Å²) in [4.78, 5) is 15.4. The van der Waals surface area contributed by atoms with Crippen molar-refractivity contribution in [2.24, 2.45) is 5.92 Å². The maximum atomic E-state index is 11.8. The maximum Gasteiger partial charge on any atom is 0.242 e. The summed E-state index contributed by atoms with van der Waals surface area (Å²) in [5, 5.41) is 5.90. The van der Waals surface area contributed by atoms with Crippen molar-refractivity contribution in [1.82, 2.24) is 20.3 Å². The molecule has 10 heteroatoms. The molecular weight excluding hydrogens is 351 g/mol. The largest absolute Gasteiger partial charge is 0.356 e. The fourth-order valence-corrected chi connectivity index (χ4v) is 2.72. The Morgan fingerprint density at radius 2 is 2.09 bits per heavy atom. The Labute approximate surface area is 142 Å². The molecule has 1 aliphatic heterocycles. The summed E-state index contributed by atoms with van der Waals surface area (Å²) in [6.07, 6.45) is 2.90. The van der Waals surface area contributed by atoms with Crippen LogP contribution in [0.4, 0.5) is 0 Å². The maximum absolute atomic E-state index is 11.8. The Morgan fingerprint density at radius 1 is 1.36 bits per heavy atom. The van der Waals surface area contributed by atoms with Crippen molar-refractivity contribution in [2.45, 2.75) is 11.3 Å². The zero-order chi connectivity index (χ0) is 14.4. The lowest BCUT2D eigenvalue weighted by Gasteiger charge is -2.27. The Morgan fingerprint density at radius 3 is 2.64 bits per heavy atom. The molecule has 0 spiro atoms. The van der Waals surface area contributed by atoms with Crippen LogP contribution in [0.3, 0.4) is 0 Å². The number of sulfonamides is 1. The minimum atomic E-state index is -3.58. The van der Waals surface area contributed by atoms with Gasteiger partial charge in [-0.3, -0.25) is 9.78 Å². The highest BCUT2D eigenvalue weighted by Gasteiger charge is 2.17. The molecule has 0 saturated carbocycles. The van der Waals surface area contributed by atoms with Gasteiger partial charge in [0.25, 0.3) is 0 Å². The number of amides is 1. The molecule has 1 aromatic heterocycles. The third-order valence-corrected chi connectivity index (χ3v) is 4.49. The smallest absolute Gasteiger partial charge is 0.242 e. The Bertz CT molecular complexity index is 553. The van der Waals surface area contributed by atoms with Gasteiger partial charge in [-0.1, -0.05) is 0 Å². The van der Waals surface area contributed by atoms with E-state index in [-0.39, 0.29) is 48.6 Å². The highest BCUT2D eigenvalue weighted by molar-refractivity contribution is 7.89. The molecule has 1 saturated heterocycles. The summed E-state index contributed by atoms with van der Waals surface area (Å²) in [6.45, 7) is 2.56. The van der Waals surface area contributed by atoms with E-state index >= 15 is 0 Å². The van der Waals surface area contributed by atoms with Gasteiger partial charge in [0, 0.05) is 50.9 Å². The second-order valence-corrected chi connectivity index (χ2v) is 6.43. The number of carbonyl (C=O) groups excluding carboxylic acids is 1. The molecule has 7 nitrogen and oxygen atoms in total. The van der Waals surface area contributed by atoms with Crippen LogP contribution in [0, 0.1) is 5.92 Å². The average molecular weight is 371 g/mol. The monoisotopic (exact) mass is 370 g/mol. The number of nitrogens with one attached hydrogen (secondary N) is 3. The second-order valence-electron chi connectivity index (χ2n) is 4.66. The van der Waals surface area contributed by atoms with E-state index < -0.39 is 10.0 Å². The normalized spacial score (nSPS) is 14.2. The van der Waals surface area contributed by atoms with Gasteiger partial charge in [-0.25, -0.2) is 13.1 Å². The molecule has 1 aliphatic rings. The molecule has 126 valence electrons. The van der Waals surface area contributed by atoms with Crippen LogP contribution in [-0.4, -0.2) is 45.5 Å². The number of rotatable bonds is 7. The third-order valence-electron chi connectivity index (χ3n) is 3.04. The van der Waals surface area contributed by atoms with Crippen LogP contribution in [0.15, 0.2) is 29.4 Å². The van der Waals surface area contributed by atoms with Crippen molar-refractivity contribution in [3.63, 3.8) is 0 Å². The number of pyridine rings is 1. The van der Waals surface area contributed by atoms with Crippen molar-refractivity contribution in [1.29, 1.82) is 0 Å². The first kappa shape index (κ1) is 21.1. The summed E-state index contributed by atoms with van der Waals surface area (Å²) in [6, 6.07) is 3.01. The van der Waals surface area contributed by atoms with Crippen LogP contribution in [0.5, 0.6) is 0 Å². The Hall–Kier alpha value is -0.930. The van der Waals surface area contributed by atoms with E-state index in [9.17, 15) is 13.2 Å². The summed E-state index contributed by atoms with van der Waals surface area (Å²) in [5.41, 5.74) is 0. The first-order valence-electron chi connectivity index (χ1n) is 6.45. The molecule has 0 aromatic carbocycles. The van der Waals surface area contributed by atoms with E-state index in [1.807, 2.05) is 0 Å². The number of hydrogen-bond acceptors (Lipinski definition) is 5. The molecule has 2 rings (SSSR count). The van der Waals surface area contributed by atoms with Gasteiger partial charge in [-0.2, -0.15) is 0 Å². The minimum Gasteiger partial charge on any atom is -0.356 e. The molecule has 1 fully saturated rings. The van der Waals surface area contributed by atoms with E-state index in [1.165, 1.54) is 18.5 Å². The summed E-state index contributed by atoms with van der Waals surface area (Å²) >= 11 is 0. The molecule has 22 heavy (non-hydrogen) atoms. The minimum absolute atomic E-state index is 0. The number of aromatic nitrogens is 1. The van der Waals surface area contributed by atoms with Crippen LogP contribution in [0.1, 0.15) is 6.42 Å². The van der Waals surface area contributed by atoms with E-state index in [1.54, 1.807) is 6.07 Å². The highest BCUT2D eigenvalue weighted by atomic mass is 35.5. The van der Waals surface area contributed by atoms with Crippen LogP contribution in [-0.2, 0) is 14.8 Å². The number of hydrogen-bond donors (Lipinski definition) is 3. The summed E-state index contributed by atoms with van der Waals surface area (Å²) in [7, 11) is -3.58. The molecule has 0 unspecified atom stereocenters. The van der Waals surface area contributed by atoms with E-state index in [2.05, 4.69) is 20.3 Å². The Kier molecular flexibility index (Phi) is 9.54. The number of carbonyl (C=O) groups is 1. The van der Waals surface area contributed by atoms with Crippen LogP contribution in [0.25, 0.3) is 0 Å². The number of nitrogens with zero attached hydrogens (tertiary/aromatic N) is 1. The molecule has 0 aliphatic carbocycles. The van der Waals surface area contributed by atoms with E-state index in [0.29, 0.717) is 12.5 Å². The quantitative estimate of drug-likeness (QED) is 0.623. The first-order valence-corrected chi connectivity index (χ1v) is 7.93.